The zero-order valence-corrected chi connectivity index (χ0v) is 9.73. The highest BCUT2D eigenvalue weighted by atomic mass is 32.2. The lowest BCUT2D eigenvalue weighted by Gasteiger charge is -2.05. The Morgan fingerprint density at radius 2 is 2.07 bits per heavy atom. The van der Waals surface area contributed by atoms with Crippen molar-refractivity contribution in [2.75, 3.05) is 13.6 Å². The van der Waals surface area contributed by atoms with Crippen molar-refractivity contribution < 1.29 is 0 Å². The summed E-state index contributed by atoms with van der Waals surface area (Å²) in [6, 6.07) is 8.40. The normalized spacial score (nSPS) is 9.93. The third-order valence-corrected chi connectivity index (χ3v) is 2.76. The van der Waals surface area contributed by atoms with Gasteiger partial charge in [-0.15, -0.1) is 0 Å². The fourth-order valence-electron chi connectivity index (χ4n) is 1.12. The maximum absolute atomic E-state index is 5.40. The fraction of sp³-hybridized carbons (Fsp3) is 0.273. The zero-order valence-electron chi connectivity index (χ0n) is 8.92. The molecule has 0 bridgehead atoms. The summed E-state index contributed by atoms with van der Waals surface area (Å²) in [6.45, 7) is 4.57. The molecule has 0 aromatic heterocycles. The van der Waals surface area contributed by atoms with E-state index in [-0.39, 0.29) is 0 Å². The Labute approximate surface area is 95.3 Å². The highest BCUT2D eigenvalue weighted by molar-refractivity contribution is 7.97. The monoisotopic (exact) mass is 223 g/mol. The van der Waals surface area contributed by atoms with Crippen LogP contribution in [0, 0.1) is 0 Å². The minimum atomic E-state index is 0.472. The van der Waals surface area contributed by atoms with Crippen LogP contribution in [0.2, 0.25) is 0 Å². The first-order valence-electron chi connectivity index (χ1n) is 4.83. The van der Waals surface area contributed by atoms with Gasteiger partial charge in [0.05, 0.1) is 5.82 Å². The van der Waals surface area contributed by atoms with E-state index in [0.29, 0.717) is 5.82 Å². The molecule has 4 N–H and O–H groups in total. The number of likely N-dealkylation sites (N-methyl/N-ethyl adjacent to an activating group) is 1. The minimum Gasteiger partial charge on any atom is -0.385 e. The zero-order chi connectivity index (χ0) is 11.1. The van der Waals surface area contributed by atoms with Crippen LogP contribution in [0.3, 0.4) is 0 Å². The quantitative estimate of drug-likeness (QED) is 0.639. The van der Waals surface area contributed by atoms with E-state index in [0.717, 1.165) is 17.9 Å². The van der Waals surface area contributed by atoms with Gasteiger partial charge in [-0.3, -0.25) is 0 Å². The largest absolute Gasteiger partial charge is 0.385 e. The molecule has 3 nitrogen and oxygen atoms in total. The van der Waals surface area contributed by atoms with E-state index >= 15 is 0 Å². The summed E-state index contributed by atoms with van der Waals surface area (Å²) in [4.78, 5) is 1.13. The first-order valence-corrected chi connectivity index (χ1v) is 5.65. The van der Waals surface area contributed by atoms with Crippen LogP contribution in [-0.4, -0.2) is 13.6 Å². The second-order valence-electron chi connectivity index (χ2n) is 3.23. The maximum Gasteiger partial charge on any atom is 0.0989 e. The maximum atomic E-state index is 5.40. The molecule has 15 heavy (non-hydrogen) atoms. The van der Waals surface area contributed by atoms with Crippen molar-refractivity contribution in [1.29, 1.82) is 0 Å². The number of rotatable bonds is 6. The summed E-state index contributed by atoms with van der Waals surface area (Å²) in [6.07, 6.45) is 1.05. The minimum absolute atomic E-state index is 0.472. The molecule has 0 radical (unpaired) electrons. The number of hydrogen-bond donors (Lipinski definition) is 3. The van der Waals surface area contributed by atoms with Gasteiger partial charge in [-0.25, -0.2) is 0 Å². The van der Waals surface area contributed by atoms with Gasteiger partial charge < -0.3 is 15.8 Å². The summed E-state index contributed by atoms with van der Waals surface area (Å²) in [7, 11) is 1.96. The molecule has 82 valence electrons. The molecule has 0 aliphatic rings. The Morgan fingerprint density at radius 1 is 1.40 bits per heavy atom. The Hall–Kier alpha value is -1.13. The van der Waals surface area contributed by atoms with Crippen LogP contribution >= 0.6 is 11.9 Å². The third-order valence-electron chi connectivity index (χ3n) is 1.89. The highest BCUT2D eigenvalue weighted by Gasteiger charge is 1.95. The van der Waals surface area contributed by atoms with Gasteiger partial charge in [-0.1, -0.05) is 18.7 Å². The van der Waals surface area contributed by atoms with E-state index in [4.69, 9.17) is 5.73 Å². The highest BCUT2D eigenvalue weighted by Crippen LogP contribution is 2.15. The number of hydrogen-bond acceptors (Lipinski definition) is 4. The van der Waals surface area contributed by atoms with Crippen molar-refractivity contribution >= 4 is 11.9 Å². The molecule has 1 rings (SSSR count). The van der Waals surface area contributed by atoms with E-state index in [1.165, 1.54) is 17.5 Å². The summed E-state index contributed by atoms with van der Waals surface area (Å²) in [5.41, 5.74) is 6.73. The molecule has 0 atom stereocenters. The molecule has 0 saturated heterocycles. The van der Waals surface area contributed by atoms with Crippen molar-refractivity contribution in [1.82, 2.24) is 10.0 Å². The average molecular weight is 223 g/mol. The summed E-state index contributed by atoms with van der Waals surface area (Å²) in [5.74, 6) is 0.472. The van der Waals surface area contributed by atoms with E-state index in [1.54, 1.807) is 0 Å². The molecule has 0 heterocycles. The van der Waals surface area contributed by atoms with Crippen molar-refractivity contribution in [2.45, 2.75) is 11.3 Å². The SMILES string of the molecule is C=C(N)NSc1ccc(CCNC)cc1. The molecule has 1 aromatic rings. The van der Waals surface area contributed by atoms with Crippen molar-refractivity contribution in [3.63, 3.8) is 0 Å². The average Bonchev–Trinajstić information content (AvgIpc) is 2.25. The van der Waals surface area contributed by atoms with E-state index < -0.39 is 0 Å². The molecule has 0 spiro atoms. The van der Waals surface area contributed by atoms with Crippen LogP contribution in [0.15, 0.2) is 41.6 Å². The van der Waals surface area contributed by atoms with Crippen molar-refractivity contribution in [2.24, 2.45) is 5.73 Å². The van der Waals surface area contributed by atoms with Gasteiger partial charge in [0.25, 0.3) is 0 Å². The lowest BCUT2D eigenvalue weighted by Crippen LogP contribution is -2.10. The third kappa shape index (κ3) is 4.76. The van der Waals surface area contributed by atoms with Gasteiger partial charge in [-0.05, 0) is 49.7 Å². The molecule has 4 heteroatoms. The van der Waals surface area contributed by atoms with Crippen LogP contribution in [0.1, 0.15) is 5.56 Å². The second kappa shape index (κ2) is 6.37. The van der Waals surface area contributed by atoms with Crippen LogP contribution in [0.25, 0.3) is 0 Å². The van der Waals surface area contributed by atoms with Gasteiger partial charge in [-0.2, -0.15) is 0 Å². The van der Waals surface area contributed by atoms with Gasteiger partial charge in [0, 0.05) is 4.90 Å². The lowest BCUT2D eigenvalue weighted by molar-refractivity contribution is 0.791. The summed E-state index contributed by atoms with van der Waals surface area (Å²) < 4.78 is 2.91. The molecular weight excluding hydrogens is 206 g/mol. The fourth-order valence-corrected chi connectivity index (χ4v) is 1.64. The lowest BCUT2D eigenvalue weighted by atomic mass is 10.1. The summed E-state index contributed by atoms with van der Waals surface area (Å²) in [5, 5.41) is 3.13. The second-order valence-corrected chi connectivity index (χ2v) is 4.11. The Bertz CT molecular complexity index is 308. The van der Waals surface area contributed by atoms with Crippen LogP contribution < -0.4 is 15.8 Å². The van der Waals surface area contributed by atoms with Gasteiger partial charge >= 0.3 is 0 Å². The first kappa shape index (κ1) is 11.9. The van der Waals surface area contributed by atoms with Crippen molar-refractivity contribution in [3.05, 3.63) is 42.2 Å². The molecule has 0 saturated carbocycles. The van der Waals surface area contributed by atoms with Crippen LogP contribution in [0.5, 0.6) is 0 Å². The Balaban J connectivity index is 2.45. The topological polar surface area (TPSA) is 50.1 Å². The number of nitrogens with one attached hydrogen (secondary N) is 2. The van der Waals surface area contributed by atoms with Gasteiger partial charge in [0.15, 0.2) is 0 Å². The van der Waals surface area contributed by atoms with E-state index in [2.05, 4.69) is 40.9 Å². The molecule has 0 aliphatic heterocycles. The van der Waals surface area contributed by atoms with E-state index in [9.17, 15) is 0 Å². The molecule has 0 unspecified atom stereocenters. The standard InChI is InChI=1S/C11H17N3S/c1-9(12)14-15-11-5-3-10(4-6-11)7-8-13-2/h3-6,13-14H,1,7-8,12H2,2H3. The molecule has 0 fully saturated rings. The molecule has 1 aromatic carbocycles. The first-order chi connectivity index (χ1) is 7.22. The van der Waals surface area contributed by atoms with E-state index in [1.807, 2.05) is 7.05 Å². The Kier molecular flexibility index (Phi) is 5.07. The van der Waals surface area contributed by atoms with Crippen LogP contribution in [-0.2, 0) is 6.42 Å². The Morgan fingerprint density at radius 3 is 2.60 bits per heavy atom. The smallest absolute Gasteiger partial charge is 0.0989 e. The molecular formula is C11H17N3S. The van der Waals surface area contributed by atoms with Gasteiger partial charge in [0.1, 0.15) is 0 Å². The molecule has 0 aliphatic carbocycles. The van der Waals surface area contributed by atoms with Crippen molar-refractivity contribution in [3.8, 4) is 0 Å². The predicted molar refractivity (Wildman–Crippen MR) is 66.4 cm³/mol. The molecule has 0 amide bonds. The number of benzene rings is 1. The van der Waals surface area contributed by atoms with Gasteiger partial charge in [0.2, 0.25) is 0 Å². The predicted octanol–water partition coefficient (Wildman–Crippen LogP) is 1.48. The summed E-state index contributed by atoms with van der Waals surface area (Å²) >= 11 is 1.47. The number of nitrogens with two attached hydrogens (primary N) is 1. The van der Waals surface area contributed by atoms with Crippen LogP contribution in [0.4, 0.5) is 0 Å².